The summed E-state index contributed by atoms with van der Waals surface area (Å²) in [5, 5.41) is 3.77. The van der Waals surface area contributed by atoms with Crippen LogP contribution in [0.5, 0.6) is 5.75 Å². The summed E-state index contributed by atoms with van der Waals surface area (Å²) in [4.78, 5) is 30.8. The first kappa shape index (κ1) is 14.8. The summed E-state index contributed by atoms with van der Waals surface area (Å²) >= 11 is 0. The SMILES string of the molecule is COc1ccccc1C(=O)O/N=C1/C(=O)N(C)c2ccccc21. The van der Waals surface area contributed by atoms with Crippen molar-refractivity contribution in [1.82, 2.24) is 0 Å². The molecule has 23 heavy (non-hydrogen) atoms. The first-order chi connectivity index (χ1) is 11.1. The molecule has 1 aliphatic rings. The number of likely N-dealkylation sites (N-methyl/N-ethyl adjacent to an activating group) is 1. The minimum Gasteiger partial charge on any atom is -0.496 e. The van der Waals surface area contributed by atoms with Crippen molar-refractivity contribution in [2.75, 3.05) is 19.1 Å². The minimum atomic E-state index is -0.685. The molecule has 0 aromatic heterocycles. The van der Waals surface area contributed by atoms with Crippen molar-refractivity contribution in [3.05, 3.63) is 59.7 Å². The van der Waals surface area contributed by atoms with Crippen LogP contribution < -0.4 is 9.64 Å². The summed E-state index contributed by atoms with van der Waals surface area (Å²) in [6.07, 6.45) is 0. The first-order valence-electron chi connectivity index (χ1n) is 6.93. The maximum atomic E-state index is 12.2. The Morgan fingerprint density at radius 2 is 1.78 bits per heavy atom. The van der Waals surface area contributed by atoms with Gasteiger partial charge in [-0.2, -0.15) is 0 Å². The average Bonchev–Trinajstić information content (AvgIpc) is 2.84. The number of rotatable bonds is 3. The molecule has 1 amide bonds. The molecule has 2 aromatic carbocycles. The quantitative estimate of drug-likeness (QED) is 0.644. The van der Waals surface area contributed by atoms with E-state index in [1.54, 1.807) is 49.5 Å². The van der Waals surface area contributed by atoms with Crippen molar-refractivity contribution < 1.29 is 19.2 Å². The monoisotopic (exact) mass is 310 g/mol. The first-order valence-corrected chi connectivity index (χ1v) is 6.93. The number of hydrogen-bond acceptors (Lipinski definition) is 5. The van der Waals surface area contributed by atoms with Gasteiger partial charge >= 0.3 is 5.97 Å². The van der Waals surface area contributed by atoms with Gasteiger partial charge in [-0.1, -0.05) is 35.5 Å². The van der Waals surface area contributed by atoms with E-state index in [0.717, 1.165) is 5.69 Å². The van der Waals surface area contributed by atoms with Crippen molar-refractivity contribution >= 4 is 23.3 Å². The van der Waals surface area contributed by atoms with Crippen LogP contribution in [0.2, 0.25) is 0 Å². The van der Waals surface area contributed by atoms with E-state index < -0.39 is 5.97 Å². The molecule has 0 radical (unpaired) electrons. The number of oxime groups is 1. The highest BCUT2D eigenvalue weighted by Crippen LogP contribution is 2.28. The van der Waals surface area contributed by atoms with Crippen molar-refractivity contribution in [2.45, 2.75) is 0 Å². The molecule has 0 unspecified atom stereocenters. The highest BCUT2D eigenvalue weighted by molar-refractivity contribution is 6.54. The molecule has 1 heterocycles. The van der Waals surface area contributed by atoms with Crippen LogP contribution in [0.1, 0.15) is 15.9 Å². The summed E-state index contributed by atoms with van der Waals surface area (Å²) < 4.78 is 5.11. The van der Waals surface area contributed by atoms with Crippen molar-refractivity contribution in [1.29, 1.82) is 0 Å². The zero-order valence-electron chi connectivity index (χ0n) is 12.6. The molecule has 0 aliphatic carbocycles. The highest BCUT2D eigenvalue weighted by Gasteiger charge is 2.32. The molecule has 0 atom stereocenters. The Bertz CT molecular complexity index is 814. The second-order valence-electron chi connectivity index (χ2n) is 4.90. The number of nitrogens with zero attached hydrogens (tertiary/aromatic N) is 2. The van der Waals surface area contributed by atoms with E-state index in [4.69, 9.17) is 9.57 Å². The van der Waals surface area contributed by atoms with Crippen molar-refractivity contribution in [3.63, 3.8) is 0 Å². The number of carbonyl (C=O) groups excluding carboxylic acids is 2. The number of carbonyl (C=O) groups is 2. The largest absolute Gasteiger partial charge is 0.496 e. The molecule has 6 heteroatoms. The van der Waals surface area contributed by atoms with E-state index in [9.17, 15) is 9.59 Å². The number of amides is 1. The topological polar surface area (TPSA) is 68.2 Å². The van der Waals surface area contributed by atoms with Gasteiger partial charge in [-0.3, -0.25) is 4.79 Å². The number of methoxy groups -OCH3 is 1. The van der Waals surface area contributed by atoms with Crippen LogP contribution in [-0.4, -0.2) is 31.7 Å². The minimum absolute atomic E-state index is 0.103. The second-order valence-corrected chi connectivity index (χ2v) is 4.90. The van der Waals surface area contributed by atoms with Crippen molar-refractivity contribution in [2.24, 2.45) is 5.16 Å². The Hall–Kier alpha value is -3.15. The lowest BCUT2D eigenvalue weighted by Gasteiger charge is -2.07. The average molecular weight is 310 g/mol. The molecule has 0 spiro atoms. The molecular weight excluding hydrogens is 296 g/mol. The lowest BCUT2D eigenvalue weighted by Crippen LogP contribution is -2.26. The normalized spacial score (nSPS) is 14.8. The summed E-state index contributed by atoms with van der Waals surface area (Å²) in [6, 6.07) is 13.8. The molecule has 116 valence electrons. The molecule has 1 aliphatic heterocycles. The zero-order chi connectivity index (χ0) is 16.4. The van der Waals surface area contributed by atoms with Gasteiger partial charge in [0, 0.05) is 12.6 Å². The molecule has 0 fully saturated rings. The molecule has 2 aromatic rings. The Kier molecular flexibility index (Phi) is 3.80. The fourth-order valence-electron chi connectivity index (χ4n) is 2.39. The summed E-state index contributed by atoms with van der Waals surface area (Å²) in [5.74, 6) is -0.623. The van der Waals surface area contributed by atoms with Crippen LogP contribution in [0.4, 0.5) is 5.69 Å². The van der Waals surface area contributed by atoms with E-state index in [1.165, 1.54) is 12.0 Å². The Morgan fingerprint density at radius 3 is 2.57 bits per heavy atom. The predicted molar refractivity (Wildman–Crippen MR) is 84.8 cm³/mol. The highest BCUT2D eigenvalue weighted by atomic mass is 16.7. The van der Waals surface area contributed by atoms with Gasteiger partial charge in [0.2, 0.25) is 0 Å². The number of para-hydroxylation sites is 2. The van der Waals surface area contributed by atoms with Gasteiger partial charge in [0.15, 0.2) is 5.71 Å². The van der Waals surface area contributed by atoms with Crippen LogP contribution in [0, 0.1) is 0 Å². The van der Waals surface area contributed by atoms with E-state index in [0.29, 0.717) is 11.3 Å². The Labute approximate surface area is 132 Å². The summed E-state index contributed by atoms with van der Waals surface area (Å²) in [5.41, 5.74) is 1.70. The Morgan fingerprint density at radius 1 is 1.09 bits per heavy atom. The second kappa shape index (κ2) is 5.92. The van der Waals surface area contributed by atoms with Crippen molar-refractivity contribution in [3.8, 4) is 5.75 Å². The summed E-state index contributed by atoms with van der Waals surface area (Å²) in [6.45, 7) is 0. The molecule has 3 rings (SSSR count). The lowest BCUT2D eigenvalue weighted by molar-refractivity contribution is -0.112. The van der Waals surface area contributed by atoms with Gasteiger partial charge in [-0.05, 0) is 18.2 Å². The van der Waals surface area contributed by atoms with E-state index in [1.807, 2.05) is 6.07 Å². The van der Waals surface area contributed by atoms with Crippen LogP contribution in [0.25, 0.3) is 0 Å². The number of fused-ring (bicyclic) bond motifs is 1. The van der Waals surface area contributed by atoms with Crippen LogP contribution >= 0.6 is 0 Å². The summed E-state index contributed by atoms with van der Waals surface area (Å²) in [7, 11) is 3.11. The number of ether oxygens (including phenoxy) is 1. The smallest absolute Gasteiger partial charge is 0.369 e. The molecule has 0 bridgehead atoms. The number of benzene rings is 2. The third kappa shape index (κ3) is 2.55. The van der Waals surface area contributed by atoms with Gasteiger partial charge in [0.05, 0.1) is 12.8 Å². The van der Waals surface area contributed by atoms with Gasteiger partial charge in [-0.15, -0.1) is 0 Å². The van der Waals surface area contributed by atoms with E-state index in [2.05, 4.69) is 5.16 Å². The predicted octanol–water partition coefficient (Wildman–Crippen LogP) is 2.23. The Balaban J connectivity index is 1.89. The standard InChI is InChI=1S/C17H14N2O4/c1-19-13-9-5-3-7-11(13)15(16(19)20)18-23-17(21)12-8-4-6-10-14(12)22-2/h3-10H,1-2H3/b18-15+. The zero-order valence-corrected chi connectivity index (χ0v) is 12.6. The van der Waals surface area contributed by atoms with Crippen LogP contribution in [-0.2, 0) is 9.63 Å². The van der Waals surface area contributed by atoms with E-state index >= 15 is 0 Å². The maximum Gasteiger partial charge on any atom is 0.369 e. The number of hydrogen-bond donors (Lipinski definition) is 0. The fraction of sp³-hybridized carbons (Fsp3) is 0.118. The molecule has 0 saturated carbocycles. The molecular formula is C17H14N2O4. The number of anilines is 1. The third-order valence-electron chi connectivity index (χ3n) is 3.57. The van der Waals surface area contributed by atoms with Gasteiger partial charge in [0.25, 0.3) is 5.91 Å². The molecule has 0 N–H and O–H groups in total. The lowest BCUT2D eigenvalue weighted by atomic mass is 10.1. The fourth-order valence-corrected chi connectivity index (χ4v) is 2.39. The van der Waals surface area contributed by atoms with E-state index in [-0.39, 0.29) is 17.2 Å². The molecule has 0 saturated heterocycles. The van der Waals surface area contributed by atoms with Gasteiger partial charge in [-0.25, -0.2) is 4.79 Å². The van der Waals surface area contributed by atoms with Gasteiger partial charge in [0.1, 0.15) is 11.3 Å². The third-order valence-corrected chi connectivity index (χ3v) is 3.57. The molecule has 6 nitrogen and oxygen atoms in total. The van der Waals surface area contributed by atoms with Crippen LogP contribution in [0.15, 0.2) is 53.7 Å². The maximum absolute atomic E-state index is 12.2. The van der Waals surface area contributed by atoms with Crippen LogP contribution in [0.3, 0.4) is 0 Å². The van der Waals surface area contributed by atoms with Gasteiger partial charge < -0.3 is 14.5 Å².